The van der Waals surface area contributed by atoms with Crippen LogP contribution in [0, 0.1) is 0 Å². The average molecular weight is 281 g/mol. The van der Waals surface area contributed by atoms with Gasteiger partial charge in [-0.25, -0.2) is 0 Å². The number of halogens is 4. The van der Waals surface area contributed by atoms with Crippen LogP contribution in [0.25, 0.3) is 6.08 Å². The van der Waals surface area contributed by atoms with Crippen molar-refractivity contribution >= 4 is 22.0 Å². The van der Waals surface area contributed by atoms with Gasteiger partial charge in [0.05, 0.1) is 12.2 Å². The van der Waals surface area contributed by atoms with Gasteiger partial charge in [-0.1, -0.05) is 28.1 Å². The van der Waals surface area contributed by atoms with Crippen LogP contribution < -0.4 is 0 Å². The van der Waals surface area contributed by atoms with E-state index in [1.807, 2.05) is 0 Å². The fraction of sp³-hybridized carbons (Fsp3) is 0.200. The lowest BCUT2D eigenvalue weighted by Crippen LogP contribution is -2.04. The van der Waals surface area contributed by atoms with E-state index in [0.717, 1.165) is 12.1 Å². The van der Waals surface area contributed by atoms with Crippen molar-refractivity contribution in [2.75, 3.05) is 6.61 Å². The Hall–Kier alpha value is -0.810. The average Bonchev–Trinajstić information content (AvgIpc) is 2.12. The molecule has 1 aromatic rings. The first-order chi connectivity index (χ1) is 6.93. The van der Waals surface area contributed by atoms with E-state index in [9.17, 15) is 13.2 Å². The quantitative estimate of drug-likeness (QED) is 0.880. The van der Waals surface area contributed by atoms with Crippen LogP contribution in [0.1, 0.15) is 11.1 Å². The van der Waals surface area contributed by atoms with Gasteiger partial charge in [-0.3, -0.25) is 0 Å². The van der Waals surface area contributed by atoms with Gasteiger partial charge >= 0.3 is 6.18 Å². The van der Waals surface area contributed by atoms with Crippen LogP contribution in [0.5, 0.6) is 0 Å². The van der Waals surface area contributed by atoms with Crippen molar-refractivity contribution in [3.8, 4) is 0 Å². The van der Waals surface area contributed by atoms with Crippen molar-refractivity contribution in [3.63, 3.8) is 0 Å². The Bertz CT molecular complexity index is 371. The van der Waals surface area contributed by atoms with Crippen LogP contribution in [0.15, 0.2) is 28.7 Å². The maximum absolute atomic E-state index is 12.4. The summed E-state index contributed by atoms with van der Waals surface area (Å²) in [6.07, 6.45) is -1.55. The van der Waals surface area contributed by atoms with E-state index in [4.69, 9.17) is 5.11 Å². The summed E-state index contributed by atoms with van der Waals surface area (Å²) >= 11 is 3.00. The molecule has 1 rings (SSSR count). The van der Waals surface area contributed by atoms with Gasteiger partial charge in [0.1, 0.15) is 0 Å². The third-order valence-electron chi connectivity index (χ3n) is 1.66. The Morgan fingerprint density at radius 1 is 1.27 bits per heavy atom. The predicted molar refractivity (Wildman–Crippen MR) is 55.3 cm³/mol. The minimum Gasteiger partial charge on any atom is -0.392 e. The lowest BCUT2D eigenvalue weighted by molar-refractivity contribution is -0.137. The molecule has 0 aromatic heterocycles. The zero-order valence-electron chi connectivity index (χ0n) is 7.55. The zero-order chi connectivity index (χ0) is 11.5. The number of hydrogen-bond donors (Lipinski definition) is 1. The van der Waals surface area contributed by atoms with E-state index in [-0.39, 0.29) is 6.61 Å². The molecular formula is C10H8BrF3O. The van der Waals surface area contributed by atoms with E-state index in [1.54, 1.807) is 6.07 Å². The summed E-state index contributed by atoms with van der Waals surface area (Å²) in [5, 5.41) is 8.51. The molecule has 1 aromatic carbocycles. The Kier molecular flexibility index (Phi) is 3.93. The smallest absolute Gasteiger partial charge is 0.392 e. The molecule has 0 atom stereocenters. The molecule has 82 valence electrons. The van der Waals surface area contributed by atoms with Crippen LogP contribution in [-0.2, 0) is 6.18 Å². The minimum atomic E-state index is -4.36. The lowest BCUT2D eigenvalue weighted by Gasteiger charge is -2.08. The van der Waals surface area contributed by atoms with Crippen LogP contribution in [0.2, 0.25) is 0 Å². The van der Waals surface area contributed by atoms with Crippen molar-refractivity contribution in [2.45, 2.75) is 6.18 Å². The Morgan fingerprint density at radius 3 is 2.47 bits per heavy atom. The van der Waals surface area contributed by atoms with Crippen molar-refractivity contribution in [2.24, 2.45) is 0 Å². The molecule has 1 N–H and O–H groups in total. The SMILES string of the molecule is OCC=Cc1cc(Br)cc(C(F)(F)F)c1. The summed E-state index contributed by atoms with van der Waals surface area (Å²) < 4.78 is 37.5. The summed E-state index contributed by atoms with van der Waals surface area (Å²) in [6.45, 7) is -0.201. The first-order valence-corrected chi connectivity index (χ1v) is 4.88. The van der Waals surface area contributed by atoms with Gasteiger partial charge in [-0.2, -0.15) is 13.2 Å². The molecule has 0 spiro atoms. The van der Waals surface area contributed by atoms with Gasteiger partial charge < -0.3 is 5.11 Å². The van der Waals surface area contributed by atoms with E-state index in [0.29, 0.717) is 10.0 Å². The Labute approximate surface area is 93.4 Å². The molecule has 5 heteroatoms. The van der Waals surface area contributed by atoms with Crippen LogP contribution >= 0.6 is 15.9 Å². The molecule has 0 saturated heterocycles. The molecule has 0 bridgehead atoms. The number of aliphatic hydroxyl groups is 1. The second kappa shape index (κ2) is 4.81. The van der Waals surface area contributed by atoms with E-state index < -0.39 is 11.7 Å². The summed E-state index contributed by atoms with van der Waals surface area (Å²) in [4.78, 5) is 0. The number of hydrogen-bond acceptors (Lipinski definition) is 1. The molecule has 0 aliphatic carbocycles. The molecule has 0 amide bonds. The molecule has 0 unspecified atom stereocenters. The van der Waals surface area contributed by atoms with Crippen molar-refractivity contribution < 1.29 is 18.3 Å². The Balaban J connectivity index is 3.11. The van der Waals surface area contributed by atoms with Gasteiger partial charge in [-0.15, -0.1) is 0 Å². The second-order valence-corrected chi connectivity index (χ2v) is 3.77. The maximum Gasteiger partial charge on any atom is 0.416 e. The summed E-state index contributed by atoms with van der Waals surface area (Å²) in [5.74, 6) is 0. The number of alkyl halides is 3. The van der Waals surface area contributed by atoms with Crippen molar-refractivity contribution in [1.82, 2.24) is 0 Å². The van der Waals surface area contributed by atoms with Gasteiger partial charge in [0, 0.05) is 4.47 Å². The van der Waals surface area contributed by atoms with E-state index in [1.165, 1.54) is 12.2 Å². The molecule has 0 aliphatic heterocycles. The molecule has 1 nitrogen and oxygen atoms in total. The second-order valence-electron chi connectivity index (χ2n) is 2.86. The Morgan fingerprint density at radius 2 is 1.93 bits per heavy atom. The first kappa shape index (κ1) is 12.3. The summed E-state index contributed by atoms with van der Waals surface area (Å²) in [5.41, 5.74) is -0.319. The molecule has 0 aliphatic rings. The van der Waals surface area contributed by atoms with Gasteiger partial charge in [-0.05, 0) is 23.8 Å². The number of aliphatic hydroxyl groups excluding tert-OH is 1. The summed E-state index contributed by atoms with van der Waals surface area (Å²) in [7, 11) is 0. The third-order valence-corrected chi connectivity index (χ3v) is 2.12. The topological polar surface area (TPSA) is 20.2 Å². The molecule has 0 saturated carbocycles. The standard InChI is InChI=1S/C10H8BrF3O/c11-9-5-7(2-1-3-15)4-8(6-9)10(12,13)14/h1-2,4-6,15H,3H2. The molecule has 0 radical (unpaired) electrons. The molecular weight excluding hydrogens is 273 g/mol. The van der Waals surface area contributed by atoms with Crippen LogP contribution in [0.3, 0.4) is 0 Å². The minimum absolute atomic E-state index is 0.201. The van der Waals surface area contributed by atoms with Crippen LogP contribution in [-0.4, -0.2) is 11.7 Å². The zero-order valence-corrected chi connectivity index (χ0v) is 9.14. The third kappa shape index (κ3) is 3.68. The predicted octanol–water partition coefficient (Wildman–Crippen LogP) is 3.47. The number of rotatable bonds is 2. The fourth-order valence-electron chi connectivity index (χ4n) is 1.06. The number of benzene rings is 1. The lowest BCUT2D eigenvalue weighted by atomic mass is 10.1. The highest BCUT2D eigenvalue weighted by molar-refractivity contribution is 9.10. The maximum atomic E-state index is 12.4. The van der Waals surface area contributed by atoms with Crippen molar-refractivity contribution in [3.05, 3.63) is 39.9 Å². The van der Waals surface area contributed by atoms with Crippen LogP contribution in [0.4, 0.5) is 13.2 Å². The highest BCUT2D eigenvalue weighted by Crippen LogP contribution is 2.32. The monoisotopic (exact) mass is 280 g/mol. The normalized spacial score (nSPS) is 12.3. The van der Waals surface area contributed by atoms with Gasteiger partial charge in [0.2, 0.25) is 0 Å². The largest absolute Gasteiger partial charge is 0.416 e. The van der Waals surface area contributed by atoms with E-state index >= 15 is 0 Å². The first-order valence-electron chi connectivity index (χ1n) is 4.08. The summed E-state index contributed by atoms with van der Waals surface area (Å²) in [6, 6.07) is 3.58. The van der Waals surface area contributed by atoms with Gasteiger partial charge in [0.25, 0.3) is 0 Å². The highest BCUT2D eigenvalue weighted by Gasteiger charge is 2.30. The highest BCUT2D eigenvalue weighted by atomic mass is 79.9. The molecule has 15 heavy (non-hydrogen) atoms. The van der Waals surface area contributed by atoms with Crippen molar-refractivity contribution in [1.29, 1.82) is 0 Å². The molecule has 0 heterocycles. The van der Waals surface area contributed by atoms with E-state index in [2.05, 4.69) is 15.9 Å². The fourth-order valence-corrected chi connectivity index (χ4v) is 1.57. The van der Waals surface area contributed by atoms with Gasteiger partial charge in [0.15, 0.2) is 0 Å². The molecule has 0 fully saturated rings.